The molecule has 20 heavy (non-hydrogen) atoms. The number of hydrogen-bond acceptors (Lipinski definition) is 0. The van der Waals surface area contributed by atoms with Crippen LogP contribution in [0.4, 0.5) is 39.5 Å². The quantitative estimate of drug-likeness (QED) is 0.645. The summed E-state index contributed by atoms with van der Waals surface area (Å²) in [5.41, 5.74) is -7.19. The molecule has 0 radical (unpaired) electrons. The number of benzene rings is 1. The first-order chi connectivity index (χ1) is 8.85. The molecule has 0 spiro atoms. The van der Waals surface area contributed by atoms with Gasteiger partial charge < -0.3 is 0 Å². The predicted molar refractivity (Wildman–Crippen MR) is 51.4 cm³/mol. The van der Waals surface area contributed by atoms with Crippen molar-refractivity contribution >= 4 is 5.57 Å². The minimum atomic E-state index is -5.25. The van der Waals surface area contributed by atoms with Crippen molar-refractivity contribution in [3.63, 3.8) is 0 Å². The van der Waals surface area contributed by atoms with E-state index in [0.717, 1.165) is 0 Å². The van der Waals surface area contributed by atoms with Crippen molar-refractivity contribution in [3.05, 3.63) is 41.2 Å². The second-order valence-corrected chi connectivity index (χ2v) is 3.70. The Labute approximate surface area is 106 Å². The molecule has 0 aliphatic heterocycles. The normalized spacial score (nSPS) is 12.9. The third-order valence-electron chi connectivity index (χ3n) is 2.33. The third kappa shape index (κ3) is 3.26. The van der Waals surface area contributed by atoms with Gasteiger partial charge in [0.25, 0.3) is 6.43 Å². The lowest BCUT2D eigenvalue weighted by Gasteiger charge is -2.16. The Hall–Kier alpha value is -1.67. The first-order valence-corrected chi connectivity index (χ1v) is 4.81. The fraction of sp³-hybridized carbons (Fsp3) is 0.273. The zero-order valence-corrected chi connectivity index (χ0v) is 9.34. The van der Waals surface area contributed by atoms with Gasteiger partial charge in [0.05, 0.1) is 16.7 Å². The molecular formula is C11H5F9. The van der Waals surface area contributed by atoms with Gasteiger partial charge >= 0.3 is 12.4 Å². The third-order valence-corrected chi connectivity index (χ3v) is 2.33. The van der Waals surface area contributed by atoms with E-state index in [4.69, 9.17) is 0 Å². The Kier molecular flexibility index (Phi) is 4.12. The van der Waals surface area contributed by atoms with Gasteiger partial charge in [0.1, 0.15) is 5.82 Å². The maximum atomic E-state index is 13.5. The topological polar surface area (TPSA) is 0 Å². The highest BCUT2D eigenvalue weighted by atomic mass is 19.4. The highest BCUT2D eigenvalue weighted by Crippen LogP contribution is 2.40. The van der Waals surface area contributed by atoms with Crippen molar-refractivity contribution in [2.45, 2.75) is 18.8 Å². The zero-order chi connectivity index (χ0) is 15.9. The van der Waals surface area contributed by atoms with E-state index in [9.17, 15) is 39.5 Å². The molecule has 0 fully saturated rings. The van der Waals surface area contributed by atoms with Crippen molar-refractivity contribution in [1.29, 1.82) is 0 Å². The lowest BCUT2D eigenvalue weighted by Crippen LogP contribution is -2.14. The first-order valence-electron chi connectivity index (χ1n) is 4.81. The van der Waals surface area contributed by atoms with Gasteiger partial charge in [0, 0.05) is 5.56 Å². The van der Waals surface area contributed by atoms with Crippen LogP contribution in [-0.2, 0) is 6.18 Å². The lowest BCUT2D eigenvalue weighted by molar-refractivity contribution is -0.137. The van der Waals surface area contributed by atoms with E-state index >= 15 is 0 Å². The molecule has 0 saturated carbocycles. The summed E-state index contributed by atoms with van der Waals surface area (Å²) in [5, 5.41) is 0. The van der Waals surface area contributed by atoms with Crippen molar-refractivity contribution in [2.75, 3.05) is 0 Å². The molecule has 0 aliphatic rings. The number of alkyl halides is 8. The van der Waals surface area contributed by atoms with Crippen LogP contribution in [0.25, 0.3) is 5.57 Å². The van der Waals surface area contributed by atoms with Crippen molar-refractivity contribution < 1.29 is 39.5 Å². The summed E-state index contributed by atoms with van der Waals surface area (Å²) in [6, 6.07) is -0.426. The fourth-order valence-electron chi connectivity index (χ4n) is 1.34. The highest BCUT2D eigenvalue weighted by molar-refractivity contribution is 5.69. The van der Waals surface area contributed by atoms with E-state index in [1.807, 2.05) is 0 Å². The van der Waals surface area contributed by atoms with Crippen molar-refractivity contribution in [2.24, 2.45) is 0 Å². The standard InChI is InChI=1S/C11H5F9/c1-4(10(15,16)17)6-2-5(11(18,19)20)3-7(8(6)12)9(13)14/h2-3,9H,1H2. The summed E-state index contributed by atoms with van der Waals surface area (Å²) >= 11 is 0. The van der Waals surface area contributed by atoms with Crippen LogP contribution in [0.5, 0.6) is 0 Å². The summed E-state index contributed by atoms with van der Waals surface area (Å²) in [5.74, 6) is -2.07. The minimum absolute atomic E-state index is 0.197. The van der Waals surface area contributed by atoms with E-state index in [2.05, 4.69) is 6.58 Å². The number of hydrogen-bond donors (Lipinski definition) is 0. The Balaban J connectivity index is 3.59. The van der Waals surface area contributed by atoms with E-state index in [0.29, 0.717) is 0 Å². The predicted octanol–water partition coefficient (Wildman–Crippen LogP) is 5.36. The van der Waals surface area contributed by atoms with Gasteiger partial charge in [-0.25, -0.2) is 13.2 Å². The van der Waals surface area contributed by atoms with Gasteiger partial charge in [-0.05, 0) is 12.1 Å². The lowest BCUT2D eigenvalue weighted by atomic mass is 9.99. The second-order valence-electron chi connectivity index (χ2n) is 3.70. The Morgan fingerprint density at radius 2 is 1.50 bits per heavy atom. The van der Waals surface area contributed by atoms with Crippen molar-refractivity contribution in [3.8, 4) is 0 Å². The molecule has 0 N–H and O–H groups in total. The number of allylic oxidation sites excluding steroid dienone is 1. The van der Waals surface area contributed by atoms with E-state index < -0.39 is 46.9 Å². The molecule has 0 unspecified atom stereocenters. The van der Waals surface area contributed by atoms with Gasteiger partial charge in [-0.3, -0.25) is 0 Å². The van der Waals surface area contributed by atoms with E-state index in [1.165, 1.54) is 0 Å². The SMILES string of the molecule is C=C(c1cc(C(F)(F)F)cc(C(F)F)c1F)C(F)(F)F. The maximum absolute atomic E-state index is 13.5. The molecule has 1 aromatic carbocycles. The van der Waals surface area contributed by atoms with Crippen LogP contribution < -0.4 is 0 Å². The number of halogens is 9. The highest BCUT2D eigenvalue weighted by Gasteiger charge is 2.39. The monoisotopic (exact) mass is 308 g/mol. The smallest absolute Gasteiger partial charge is 0.206 e. The van der Waals surface area contributed by atoms with Gasteiger partial charge in [0.15, 0.2) is 0 Å². The molecule has 0 bridgehead atoms. The molecule has 0 aromatic heterocycles. The summed E-state index contributed by atoms with van der Waals surface area (Å²) in [4.78, 5) is 0. The molecule has 1 aromatic rings. The second kappa shape index (κ2) is 5.02. The molecule has 1 rings (SSSR count). The van der Waals surface area contributed by atoms with Crippen LogP contribution in [0.15, 0.2) is 18.7 Å². The number of rotatable bonds is 2. The van der Waals surface area contributed by atoms with Gasteiger partial charge in [-0.2, -0.15) is 26.3 Å². The molecule has 9 heteroatoms. The van der Waals surface area contributed by atoms with Crippen LogP contribution in [0.3, 0.4) is 0 Å². The molecule has 112 valence electrons. The maximum Gasteiger partial charge on any atom is 0.416 e. The molecular weight excluding hydrogens is 303 g/mol. The summed E-state index contributed by atoms with van der Waals surface area (Å²) < 4.78 is 113. The summed E-state index contributed by atoms with van der Waals surface area (Å²) in [6.07, 6.45) is -14.1. The van der Waals surface area contributed by atoms with Gasteiger partial charge in [-0.1, -0.05) is 6.58 Å². The molecule has 0 amide bonds. The van der Waals surface area contributed by atoms with Crippen LogP contribution in [0.1, 0.15) is 23.1 Å². The van der Waals surface area contributed by atoms with E-state index in [-0.39, 0.29) is 12.1 Å². The van der Waals surface area contributed by atoms with Crippen LogP contribution >= 0.6 is 0 Å². The minimum Gasteiger partial charge on any atom is -0.206 e. The Morgan fingerprint density at radius 3 is 1.85 bits per heavy atom. The molecule has 0 aliphatic carbocycles. The van der Waals surface area contributed by atoms with Crippen LogP contribution in [0, 0.1) is 5.82 Å². The average Bonchev–Trinajstić information content (AvgIpc) is 2.25. The van der Waals surface area contributed by atoms with Gasteiger partial charge in [0.2, 0.25) is 0 Å². The summed E-state index contributed by atoms with van der Waals surface area (Å²) in [6.45, 7) is 2.40. The van der Waals surface area contributed by atoms with Crippen LogP contribution in [0.2, 0.25) is 0 Å². The fourth-order valence-corrected chi connectivity index (χ4v) is 1.34. The zero-order valence-electron chi connectivity index (χ0n) is 9.34. The molecule has 0 nitrogen and oxygen atoms in total. The summed E-state index contributed by atoms with van der Waals surface area (Å²) in [7, 11) is 0. The Morgan fingerprint density at radius 1 is 1.00 bits per heavy atom. The molecule has 0 saturated heterocycles. The van der Waals surface area contributed by atoms with Gasteiger partial charge in [-0.15, -0.1) is 0 Å². The first kappa shape index (κ1) is 16.4. The van der Waals surface area contributed by atoms with Crippen LogP contribution in [-0.4, -0.2) is 6.18 Å². The Bertz CT molecular complexity index is 522. The average molecular weight is 308 g/mol. The van der Waals surface area contributed by atoms with E-state index in [1.54, 1.807) is 0 Å². The molecule has 0 atom stereocenters. The van der Waals surface area contributed by atoms with Crippen molar-refractivity contribution in [1.82, 2.24) is 0 Å². The largest absolute Gasteiger partial charge is 0.416 e. The molecule has 0 heterocycles.